The van der Waals surface area contributed by atoms with Gasteiger partial charge in [-0.25, -0.2) is 0 Å². The SMILES string of the molecule is Cc1ccccc1C(=O)N1CCCC(C(=O)O)[C@@H]1C1CCCC1. The number of amides is 1. The number of hydrogen-bond acceptors (Lipinski definition) is 2. The topological polar surface area (TPSA) is 57.6 Å². The molecule has 124 valence electrons. The molecule has 0 radical (unpaired) electrons. The summed E-state index contributed by atoms with van der Waals surface area (Å²) in [5, 5.41) is 9.66. The number of piperidine rings is 1. The van der Waals surface area contributed by atoms with Crippen molar-refractivity contribution in [3.8, 4) is 0 Å². The highest BCUT2D eigenvalue weighted by molar-refractivity contribution is 5.96. The molecule has 4 heteroatoms. The van der Waals surface area contributed by atoms with E-state index < -0.39 is 11.9 Å². The van der Waals surface area contributed by atoms with E-state index in [-0.39, 0.29) is 11.9 Å². The highest BCUT2D eigenvalue weighted by Gasteiger charge is 2.43. The predicted molar refractivity (Wildman–Crippen MR) is 88.3 cm³/mol. The Labute approximate surface area is 137 Å². The Kier molecular flexibility index (Phi) is 4.69. The lowest BCUT2D eigenvalue weighted by Gasteiger charge is -2.43. The van der Waals surface area contributed by atoms with Crippen molar-refractivity contribution < 1.29 is 14.7 Å². The number of carboxylic acid groups (broad SMARTS) is 1. The summed E-state index contributed by atoms with van der Waals surface area (Å²) < 4.78 is 0. The average Bonchev–Trinajstić information content (AvgIpc) is 3.08. The van der Waals surface area contributed by atoms with Gasteiger partial charge in [0, 0.05) is 18.2 Å². The van der Waals surface area contributed by atoms with E-state index in [0.717, 1.165) is 37.7 Å². The van der Waals surface area contributed by atoms with Crippen LogP contribution in [0.15, 0.2) is 24.3 Å². The average molecular weight is 315 g/mol. The number of hydrogen-bond donors (Lipinski definition) is 1. The first-order chi connectivity index (χ1) is 11.1. The Balaban J connectivity index is 1.92. The van der Waals surface area contributed by atoms with Gasteiger partial charge in [-0.2, -0.15) is 0 Å². The maximum Gasteiger partial charge on any atom is 0.308 e. The highest BCUT2D eigenvalue weighted by Crippen LogP contribution is 2.38. The third-order valence-electron chi connectivity index (χ3n) is 5.52. The first kappa shape index (κ1) is 16.0. The summed E-state index contributed by atoms with van der Waals surface area (Å²) in [6.07, 6.45) is 5.86. The Morgan fingerprint density at radius 1 is 1.09 bits per heavy atom. The summed E-state index contributed by atoms with van der Waals surface area (Å²) in [5.41, 5.74) is 1.67. The van der Waals surface area contributed by atoms with Gasteiger partial charge in [-0.3, -0.25) is 9.59 Å². The van der Waals surface area contributed by atoms with Gasteiger partial charge >= 0.3 is 5.97 Å². The molecule has 1 aromatic carbocycles. The second kappa shape index (κ2) is 6.73. The molecule has 0 spiro atoms. The normalized spacial score (nSPS) is 25.5. The Bertz CT molecular complexity index is 592. The molecule has 1 N–H and O–H groups in total. The largest absolute Gasteiger partial charge is 0.481 e. The van der Waals surface area contributed by atoms with Gasteiger partial charge in [-0.1, -0.05) is 31.0 Å². The predicted octanol–water partition coefficient (Wildman–Crippen LogP) is 3.49. The van der Waals surface area contributed by atoms with Gasteiger partial charge < -0.3 is 10.0 Å². The molecule has 0 bridgehead atoms. The lowest BCUT2D eigenvalue weighted by Crippen LogP contribution is -2.53. The zero-order valence-corrected chi connectivity index (χ0v) is 13.7. The minimum atomic E-state index is -0.746. The molecule has 1 saturated carbocycles. The van der Waals surface area contributed by atoms with E-state index in [2.05, 4.69) is 0 Å². The standard InChI is InChI=1S/C19H25NO3/c1-13-7-2-5-10-15(13)18(21)20-12-6-11-16(19(22)23)17(20)14-8-3-4-9-14/h2,5,7,10,14,16-17H,3-4,6,8-9,11-12H2,1H3,(H,22,23)/t16?,17-/m0/s1. The van der Waals surface area contributed by atoms with Crippen LogP contribution in [0.5, 0.6) is 0 Å². The van der Waals surface area contributed by atoms with E-state index in [1.165, 1.54) is 0 Å². The number of carboxylic acids is 1. The van der Waals surface area contributed by atoms with E-state index in [1.807, 2.05) is 36.1 Å². The number of aliphatic carboxylic acids is 1. The fourth-order valence-corrected chi connectivity index (χ4v) is 4.37. The number of aryl methyl sites for hydroxylation is 1. The lowest BCUT2D eigenvalue weighted by atomic mass is 9.80. The van der Waals surface area contributed by atoms with E-state index in [1.54, 1.807) is 0 Å². The molecule has 1 heterocycles. The first-order valence-corrected chi connectivity index (χ1v) is 8.69. The van der Waals surface area contributed by atoms with Gasteiger partial charge in [0.2, 0.25) is 0 Å². The maximum atomic E-state index is 13.1. The van der Waals surface area contributed by atoms with Crippen molar-refractivity contribution in [3.05, 3.63) is 35.4 Å². The smallest absolute Gasteiger partial charge is 0.308 e. The van der Waals surface area contributed by atoms with Crippen molar-refractivity contribution in [2.45, 2.75) is 51.5 Å². The molecule has 0 aromatic heterocycles. The molecule has 1 aromatic rings. The molecule has 1 amide bonds. The highest BCUT2D eigenvalue weighted by atomic mass is 16.4. The van der Waals surface area contributed by atoms with E-state index in [9.17, 15) is 14.7 Å². The van der Waals surface area contributed by atoms with Crippen LogP contribution in [0, 0.1) is 18.8 Å². The summed E-state index contributed by atoms with van der Waals surface area (Å²) in [7, 11) is 0. The van der Waals surface area contributed by atoms with Gasteiger partial charge in [-0.05, 0) is 50.2 Å². The van der Waals surface area contributed by atoms with E-state index >= 15 is 0 Å². The lowest BCUT2D eigenvalue weighted by molar-refractivity contribution is -0.146. The summed E-state index contributed by atoms with van der Waals surface area (Å²) in [6.45, 7) is 2.62. The minimum absolute atomic E-state index is 0.00551. The van der Waals surface area contributed by atoms with Gasteiger partial charge in [-0.15, -0.1) is 0 Å². The fourth-order valence-electron chi connectivity index (χ4n) is 4.37. The number of nitrogens with zero attached hydrogens (tertiary/aromatic N) is 1. The van der Waals surface area contributed by atoms with Gasteiger partial charge in [0.25, 0.3) is 5.91 Å². The van der Waals surface area contributed by atoms with Gasteiger partial charge in [0.1, 0.15) is 0 Å². The maximum absolute atomic E-state index is 13.1. The van der Waals surface area contributed by atoms with E-state index in [0.29, 0.717) is 24.4 Å². The third-order valence-corrected chi connectivity index (χ3v) is 5.52. The Morgan fingerprint density at radius 2 is 1.78 bits per heavy atom. The van der Waals surface area contributed by atoms with Crippen molar-refractivity contribution in [2.75, 3.05) is 6.54 Å². The molecule has 1 saturated heterocycles. The third kappa shape index (κ3) is 3.12. The van der Waals surface area contributed by atoms with Crippen molar-refractivity contribution in [2.24, 2.45) is 11.8 Å². The molecule has 2 atom stereocenters. The second-order valence-electron chi connectivity index (χ2n) is 6.94. The summed E-state index contributed by atoms with van der Waals surface area (Å²) >= 11 is 0. The number of benzene rings is 1. The summed E-state index contributed by atoms with van der Waals surface area (Å²) in [4.78, 5) is 26.7. The van der Waals surface area contributed by atoms with Crippen molar-refractivity contribution >= 4 is 11.9 Å². The minimum Gasteiger partial charge on any atom is -0.481 e. The molecular formula is C19H25NO3. The van der Waals surface area contributed by atoms with Crippen molar-refractivity contribution in [1.29, 1.82) is 0 Å². The molecule has 2 fully saturated rings. The van der Waals surface area contributed by atoms with Crippen LogP contribution >= 0.6 is 0 Å². The quantitative estimate of drug-likeness (QED) is 0.929. The number of carbonyl (C=O) groups excluding carboxylic acids is 1. The molecule has 2 aliphatic rings. The van der Waals surface area contributed by atoms with Crippen LogP contribution in [-0.2, 0) is 4.79 Å². The molecule has 1 unspecified atom stereocenters. The van der Waals surface area contributed by atoms with E-state index in [4.69, 9.17) is 0 Å². The fraction of sp³-hybridized carbons (Fsp3) is 0.579. The van der Waals surface area contributed by atoms with Crippen molar-refractivity contribution in [1.82, 2.24) is 4.90 Å². The number of rotatable bonds is 3. The van der Waals surface area contributed by atoms with Crippen molar-refractivity contribution in [3.63, 3.8) is 0 Å². The molecule has 23 heavy (non-hydrogen) atoms. The zero-order chi connectivity index (χ0) is 16.4. The summed E-state index contributed by atoms with van der Waals surface area (Å²) in [6, 6.07) is 7.46. The molecular weight excluding hydrogens is 290 g/mol. The number of carbonyl (C=O) groups is 2. The molecule has 4 nitrogen and oxygen atoms in total. The van der Waals surface area contributed by atoms with Crippen LogP contribution in [0.2, 0.25) is 0 Å². The van der Waals surface area contributed by atoms with Crippen LogP contribution in [0.25, 0.3) is 0 Å². The van der Waals surface area contributed by atoms with Crippen LogP contribution in [0.3, 0.4) is 0 Å². The van der Waals surface area contributed by atoms with Gasteiger partial charge in [0.15, 0.2) is 0 Å². The zero-order valence-electron chi connectivity index (χ0n) is 13.7. The second-order valence-corrected chi connectivity index (χ2v) is 6.94. The molecule has 3 rings (SSSR count). The molecule has 1 aliphatic carbocycles. The van der Waals surface area contributed by atoms with Crippen LogP contribution < -0.4 is 0 Å². The number of likely N-dealkylation sites (tertiary alicyclic amines) is 1. The van der Waals surface area contributed by atoms with Crippen LogP contribution in [-0.4, -0.2) is 34.5 Å². The first-order valence-electron chi connectivity index (χ1n) is 8.69. The Hall–Kier alpha value is -1.84. The monoisotopic (exact) mass is 315 g/mol. The molecule has 1 aliphatic heterocycles. The van der Waals surface area contributed by atoms with Gasteiger partial charge in [0.05, 0.1) is 5.92 Å². The summed E-state index contributed by atoms with van der Waals surface area (Å²) in [5.74, 6) is -0.820. The Morgan fingerprint density at radius 3 is 2.43 bits per heavy atom. The van der Waals surface area contributed by atoms with Crippen LogP contribution in [0.1, 0.15) is 54.4 Å². The van der Waals surface area contributed by atoms with Crippen LogP contribution in [0.4, 0.5) is 0 Å².